The zero-order valence-corrected chi connectivity index (χ0v) is 11.1. The summed E-state index contributed by atoms with van der Waals surface area (Å²) in [4.78, 5) is 15.8. The van der Waals surface area contributed by atoms with Crippen LogP contribution in [0.3, 0.4) is 0 Å². The molecule has 2 aromatic rings. The van der Waals surface area contributed by atoms with Gasteiger partial charge in [0.2, 0.25) is 5.91 Å². The Morgan fingerprint density at radius 2 is 2.35 bits per heavy atom. The molecule has 0 bridgehead atoms. The molecular formula is C10H12BrN5O. The first kappa shape index (κ1) is 11.8. The molecule has 0 aliphatic carbocycles. The standard InChI is InChI=1S/C10H12BrN5O/c1-5-6(3-8(17)13-2)9(12)16-10(15-5)7(11)4-14-16/h4H,3,12H2,1-2H3,(H,13,17). The van der Waals surface area contributed by atoms with Crippen molar-refractivity contribution in [2.75, 3.05) is 12.8 Å². The molecule has 0 saturated carbocycles. The minimum atomic E-state index is -0.104. The number of aryl methyl sites for hydroxylation is 1. The van der Waals surface area contributed by atoms with Gasteiger partial charge in [0, 0.05) is 18.3 Å². The summed E-state index contributed by atoms with van der Waals surface area (Å²) in [6, 6.07) is 0. The number of hydrogen-bond acceptors (Lipinski definition) is 4. The highest BCUT2D eigenvalue weighted by molar-refractivity contribution is 9.10. The maximum atomic E-state index is 11.4. The molecule has 0 unspecified atom stereocenters. The van der Waals surface area contributed by atoms with E-state index in [1.807, 2.05) is 6.92 Å². The van der Waals surface area contributed by atoms with E-state index >= 15 is 0 Å². The summed E-state index contributed by atoms with van der Waals surface area (Å²) >= 11 is 3.34. The van der Waals surface area contributed by atoms with Crippen molar-refractivity contribution >= 4 is 33.3 Å². The van der Waals surface area contributed by atoms with Gasteiger partial charge in [0.15, 0.2) is 5.65 Å². The Morgan fingerprint density at radius 3 is 3.00 bits per heavy atom. The zero-order valence-electron chi connectivity index (χ0n) is 9.49. The first-order valence-corrected chi connectivity index (χ1v) is 5.82. The van der Waals surface area contributed by atoms with E-state index in [1.54, 1.807) is 13.2 Å². The van der Waals surface area contributed by atoms with Gasteiger partial charge in [0.1, 0.15) is 5.82 Å². The number of likely N-dealkylation sites (N-methyl/N-ethyl adjacent to an activating group) is 1. The van der Waals surface area contributed by atoms with Crippen LogP contribution < -0.4 is 11.1 Å². The van der Waals surface area contributed by atoms with Gasteiger partial charge < -0.3 is 11.1 Å². The summed E-state index contributed by atoms with van der Waals surface area (Å²) in [5.74, 6) is 0.342. The second-order valence-corrected chi connectivity index (χ2v) is 4.49. The van der Waals surface area contributed by atoms with Crippen molar-refractivity contribution in [2.45, 2.75) is 13.3 Å². The number of nitrogen functional groups attached to an aromatic ring is 1. The lowest BCUT2D eigenvalue weighted by atomic mass is 10.1. The third-order valence-corrected chi connectivity index (χ3v) is 3.12. The van der Waals surface area contributed by atoms with Crippen molar-refractivity contribution in [3.05, 3.63) is 21.9 Å². The van der Waals surface area contributed by atoms with E-state index in [2.05, 4.69) is 31.3 Å². The normalized spacial score (nSPS) is 10.8. The Kier molecular flexibility index (Phi) is 3.01. The van der Waals surface area contributed by atoms with Gasteiger partial charge in [-0.1, -0.05) is 0 Å². The highest BCUT2D eigenvalue weighted by Crippen LogP contribution is 2.22. The second-order valence-electron chi connectivity index (χ2n) is 3.64. The molecule has 6 nitrogen and oxygen atoms in total. The van der Waals surface area contributed by atoms with Crippen LogP contribution in [0.1, 0.15) is 11.3 Å². The Morgan fingerprint density at radius 1 is 1.65 bits per heavy atom. The summed E-state index contributed by atoms with van der Waals surface area (Å²) in [6.45, 7) is 1.83. The smallest absolute Gasteiger partial charge is 0.224 e. The average molecular weight is 298 g/mol. The van der Waals surface area contributed by atoms with E-state index < -0.39 is 0 Å². The molecule has 0 fully saturated rings. The van der Waals surface area contributed by atoms with Crippen LogP contribution in [0.5, 0.6) is 0 Å². The van der Waals surface area contributed by atoms with E-state index in [-0.39, 0.29) is 12.3 Å². The number of anilines is 1. The molecule has 2 heterocycles. The van der Waals surface area contributed by atoms with Crippen LogP contribution >= 0.6 is 15.9 Å². The van der Waals surface area contributed by atoms with Crippen LogP contribution in [0.4, 0.5) is 5.82 Å². The highest BCUT2D eigenvalue weighted by atomic mass is 79.9. The van der Waals surface area contributed by atoms with Crippen molar-refractivity contribution in [3.8, 4) is 0 Å². The third kappa shape index (κ3) is 1.97. The molecule has 3 N–H and O–H groups in total. The van der Waals surface area contributed by atoms with Gasteiger partial charge in [-0.05, 0) is 22.9 Å². The molecule has 0 aliphatic heterocycles. The van der Waals surface area contributed by atoms with Crippen LogP contribution in [0.25, 0.3) is 5.65 Å². The lowest BCUT2D eigenvalue weighted by Crippen LogP contribution is -2.22. The van der Waals surface area contributed by atoms with Crippen molar-refractivity contribution < 1.29 is 4.79 Å². The van der Waals surface area contributed by atoms with Crippen LogP contribution in [0, 0.1) is 6.92 Å². The first-order chi connectivity index (χ1) is 8.04. The Labute approximate surface area is 106 Å². The predicted molar refractivity (Wildman–Crippen MR) is 67.6 cm³/mol. The molecule has 0 aliphatic rings. The van der Waals surface area contributed by atoms with Gasteiger partial charge in [-0.3, -0.25) is 4.79 Å². The maximum absolute atomic E-state index is 11.4. The Balaban J connectivity index is 2.60. The molecule has 1 amide bonds. The Hall–Kier alpha value is -1.63. The molecule has 0 aromatic carbocycles. The largest absolute Gasteiger partial charge is 0.383 e. The fourth-order valence-corrected chi connectivity index (χ4v) is 1.95. The fraction of sp³-hybridized carbons (Fsp3) is 0.300. The predicted octanol–water partition coefficient (Wildman–Crippen LogP) is 0.671. The Bertz CT molecular complexity index is 592. The van der Waals surface area contributed by atoms with Gasteiger partial charge in [-0.2, -0.15) is 9.61 Å². The van der Waals surface area contributed by atoms with Crippen LogP contribution in [-0.2, 0) is 11.2 Å². The molecular weight excluding hydrogens is 286 g/mol. The van der Waals surface area contributed by atoms with E-state index in [0.717, 1.165) is 10.2 Å². The van der Waals surface area contributed by atoms with Gasteiger partial charge >= 0.3 is 0 Å². The summed E-state index contributed by atoms with van der Waals surface area (Å²) in [7, 11) is 1.59. The molecule has 90 valence electrons. The molecule has 0 spiro atoms. The quantitative estimate of drug-likeness (QED) is 0.853. The fourth-order valence-electron chi connectivity index (χ4n) is 1.61. The molecule has 0 radical (unpaired) electrons. The van der Waals surface area contributed by atoms with Gasteiger partial charge in [-0.25, -0.2) is 4.98 Å². The third-order valence-electron chi connectivity index (χ3n) is 2.56. The van der Waals surface area contributed by atoms with Crippen molar-refractivity contribution in [2.24, 2.45) is 0 Å². The lowest BCUT2D eigenvalue weighted by molar-refractivity contribution is -0.119. The van der Waals surface area contributed by atoms with Crippen LogP contribution in [-0.4, -0.2) is 27.6 Å². The molecule has 17 heavy (non-hydrogen) atoms. The number of rotatable bonds is 2. The highest BCUT2D eigenvalue weighted by Gasteiger charge is 2.15. The van der Waals surface area contributed by atoms with Gasteiger partial charge in [0.05, 0.1) is 17.1 Å². The number of carbonyl (C=O) groups excluding carboxylic acids is 1. The molecule has 7 heteroatoms. The number of nitrogens with one attached hydrogen (secondary N) is 1. The SMILES string of the molecule is CNC(=O)Cc1c(C)nc2c(Br)cnn2c1N. The summed E-state index contributed by atoms with van der Waals surface area (Å²) in [5, 5.41) is 6.66. The van der Waals surface area contributed by atoms with Gasteiger partial charge in [0.25, 0.3) is 0 Å². The molecule has 2 aromatic heterocycles. The van der Waals surface area contributed by atoms with Crippen molar-refractivity contribution in [1.82, 2.24) is 19.9 Å². The van der Waals surface area contributed by atoms with Crippen LogP contribution in [0.2, 0.25) is 0 Å². The molecule has 2 rings (SSSR count). The number of carbonyl (C=O) groups is 1. The number of nitrogens with zero attached hydrogens (tertiary/aromatic N) is 3. The monoisotopic (exact) mass is 297 g/mol. The summed E-state index contributed by atoms with van der Waals surface area (Å²) < 4.78 is 2.30. The van der Waals surface area contributed by atoms with E-state index in [9.17, 15) is 4.79 Å². The average Bonchev–Trinajstić information content (AvgIpc) is 2.66. The van der Waals surface area contributed by atoms with Crippen LogP contribution in [0.15, 0.2) is 10.7 Å². The number of halogens is 1. The maximum Gasteiger partial charge on any atom is 0.224 e. The van der Waals surface area contributed by atoms with E-state index in [1.165, 1.54) is 4.52 Å². The number of amides is 1. The first-order valence-electron chi connectivity index (χ1n) is 5.03. The van der Waals surface area contributed by atoms with E-state index in [0.29, 0.717) is 17.0 Å². The van der Waals surface area contributed by atoms with Crippen molar-refractivity contribution in [1.29, 1.82) is 0 Å². The number of nitrogens with two attached hydrogens (primary N) is 1. The topological polar surface area (TPSA) is 85.3 Å². The number of aromatic nitrogens is 3. The van der Waals surface area contributed by atoms with E-state index in [4.69, 9.17) is 5.73 Å². The minimum absolute atomic E-state index is 0.104. The van der Waals surface area contributed by atoms with Crippen molar-refractivity contribution in [3.63, 3.8) is 0 Å². The zero-order chi connectivity index (χ0) is 12.6. The molecule has 0 saturated heterocycles. The molecule has 0 atom stereocenters. The lowest BCUT2D eigenvalue weighted by Gasteiger charge is -2.09. The second kappa shape index (κ2) is 4.33. The summed E-state index contributed by atoms with van der Waals surface area (Å²) in [6.07, 6.45) is 1.83. The summed E-state index contributed by atoms with van der Waals surface area (Å²) in [5.41, 5.74) is 8.09. The number of hydrogen-bond donors (Lipinski definition) is 2. The van der Waals surface area contributed by atoms with Gasteiger partial charge in [-0.15, -0.1) is 0 Å². The minimum Gasteiger partial charge on any atom is -0.383 e. The number of fused-ring (bicyclic) bond motifs is 1.